The van der Waals surface area contributed by atoms with Gasteiger partial charge in [0.05, 0.1) is 32.3 Å². The second-order valence-electron chi connectivity index (χ2n) is 5.19. The lowest BCUT2D eigenvalue weighted by atomic mass is 9.82. The van der Waals surface area contributed by atoms with Gasteiger partial charge in [-0.25, -0.2) is 4.79 Å². The van der Waals surface area contributed by atoms with Crippen LogP contribution in [0.1, 0.15) is 25.3 Å². The monoisotopic (exact) mass is 344 g/mol. The first kappa shape index (κ1) is 18.2. The molecule has 7 nitrogen and oxygen atoms in total. The maximum atomic E-state index is 12.5. The standard InChI is InChI=1S/C18H20N2O5/c1-5-24-18(21)14-10(2)25-17(20)11(9-19)15(14)16-12(22-3)7-6-8-13(16)23-4/h6-8,15H,5,20H2,1-4H3. The first-order chi connectivity index (χ1) is 12.0. The van der Waals surface area contributed by atoms with Crippen molar-refractivity contribution in [2.75, 3.05) is 20.8 Å². The average Bonchev–Trinajstić information content (AvgIpc) is 2.60. The molecule has 1 atom stereocenters. The predicted octanol–water partition coefficient (Wildman–Crippen LogP) is 2.35. The molecule has 2 N–H and O–H groups in total. The van der Waals surface area contributed by atoms with Crippen molar-refractivity contribution in [1.82, 2.24) is 0 Å². The molecular formula is C18H20N2O5. The Morgan fingerprint density at radius 3 is 2.40 bits per heavy atom. The molecule has 25 heavy (non-hydrogen) atoms. The van der Waals surface area contributed by atoms with E-state index < -0.39 is 11.9 Å². The fraction of sp³-hybridized carbons (Fsp3) is 0.333. The highest BCUT2D eigenvalue weighted by Crippen LogP contribution is 2.46. The Kier molecular flexibility index (Phi) is 5.55. The van der Waals surface area contributed by atoms with Gasteiger partial charge in [0.15, 0.2) is 0 Å². The van der Waals surface area contributed by atoms with E-state index in [1.54, 1.807) is 32.0 Å². The van der Waals surface area contributed by atoms with Crippen LogP contribution in [0.5, 0.6) is 11.5 Å². The average molecular weight is 344 g/mol. The smallest absolute Gasteiger partial charge is 0.338 e. The van der Waals surface area contributed by atoms with Crippen LogP contribution in [-0.2, 0) is 14.3 Å². The van der Waals surface area contributed by atoms with E-state index in [-0.39, 0.29) is 29.4 Å². The van der Waals surface area contributed by atoms with E-state index in [4.69, 9.17) is 24.7 Å². The van der Waals surface area contributed by atoms with Crippen molar-refractivity contribution in [3.05, 3.63) is 46.6 Å². The van der Waals surface area contributed by atoms with Crippen molar-refractivity contribution in [2.45, 2.75) is 19.8 Å². The second-order valence-corrected chi connectivity index (χ2v) is 5.19. The van der Waals surface area contributed by atoms with E-state index in [1.165, 1.54) is 14.2 Å². The van der Waals surface area contributed by atoms with Crippen molar-refractivity contribution in [2.24, 2.45) is 5.73 Å². The minimum absolute atomic E-state index is 0.0639. The number of nitrogens with zero attached hydrogens (tertiary/aromatic N) is 1. The Bertz CT molecular complexity index is 767. The number of rotatable bonds is 5. The lowest BCUT2D eigenvalue weighted by Crippen LogP contribution is -2.26. The summed E-state index contributed by atoms with van der Waals surface area (Å²) >= 11 is 0. The van der Waals surface area contributed by atoms with Gasteiger partial charge in [-0.05, 0) is 26.0 Å². The number of ether oxygens (including phenoxy) is 4. The van der Waals surface area contributed by atoms with Gasteiger partial charge in [-0.15, -0.1) is 0 Å². The van der Waals surface area contributed by atoms with Crippen LogP contribution in [0.2, 0.25) is 0 Å². The first-order valence-electron chi connectivity index (χ1n) is 7.66. The number of nitrogens with two attached hydrogens (primary N) is 1. The molecular weight excluding hydrogens is 324 g/mol. The minimum Gasteiger partial charge on any atom is -0.496 e. The highest BCUT2D eigenvalue weighted by atomic mass is 16.5. The number of hydrogen-bond donors (Lipinski definition) is 1. The van der Waals surface area contributed by atoms with Crippen LogP contribution in [0, 0.1) is 11.3 Å². The summed E-state index contributed by atoms with van der Waals surface area (Å²) in [6.07, 6.45) is 0. The molecule has 1 aromatic carbocycles. The number of allylic oxidation sites excluding steroid dienone is 2. The number of esters is 1. The summed E-state index contributed by atoms with van der Waals surface area (Å²) in [6.45, 7) is 3.49. The quantitative estimate of drug-likeness (QED) is 0.818. The van der Waals surface area contributed by atoms with Gasteiger partial charge in [0, 0.05) is 5.56 Å². The molecule has 0 aromatic heterocycles. The number of carbonyl (C=O) groups excluding carboxylic acids is 1. The summed E-state index contributed by atoms with van der Waals surface area (Å²) in [7, 11) is 2.99. The summed E-state index contributed by atoms with van der Waals surface area (Å²) in [6, 6.07) is 7.22. The molecule has 1 unspecified atom stereocenters. The third-order valence-corrected chi connectivity index (χ3v) is 3.86. The predicted molar refractivity (Wildman–Crippen MR) is 89.5 cm³/mol. The molecule has 2 rings (SSSR count). The van der Waals surface area contributed by atoms with Crippen LogP contribution in [-0.4, -0.2) is 26.8 Å². The molecule has 1 aliphatic heterocycles. The summed E-state index contributed by atoms with van der Waals surface area (Å²) in [5.41, 5.74) is 6.69. The van der Waals surface area contributed by atoms with Crippen LogP contribution in [0.4, 0.5) is 0 Å². The molecule has 0 saturated heterocycles. The molecule has 1 aliphatic rings. The lowest BCUT2D eigenvalue weighted by Gasteiger charge is -2.28. The molecule has 0 amide bonds. The maximum absolute atomic E-state index is 12.5. The van der Waals surface area contributed by atoms with Crippen LogP contribution in [0.15, 0.2) is 41.0 Å². The van der Waals surface area contributed by atoms with Crippen molar-refractivity contribution in [3.8, 4) is 17.6 Å². The normalized spacial score (nSPS) is 16.8. The summed E-state index contributed by atoms with van der Waals surface area (Å²) in [5, 5.41) is 9.61. The number of benzene rings is 1. The Hall–Kier alpha value is -3.14. The molecule has 132 valence electrons. The van der Waals surface area contributed by atoms with E-state index in [2.05, 4.69) is 0 Å². The van der Waals surface area contributed by atoms with Gasteiger partial charge >= 0.3 is 5.97 Å². The van der Waals surface area contributed by atoms with Gasteiger partial charge in [-0.1, -0.05) is 6.07 Å². The van der Waals surface area contributed by atoms with Crippen molar-refractivity contribution in [3.63, 3.8) is 0 Å². The van der Waals surface area contributed by atoms with Gasteiger partial charge < -0.3 is 24.7 Å². The zero-order valence-corrected chi connectivity index (χ0v) is 14.6. The molecule has 0 fully saturated rings. The van der Waals surface area contributed by atoms with Gasteiger partial charge in [0.25, 0.3) is 0 Å². The maximum Gasteiger partial charge on any atom is 0.338 e. The molecule has 0 radical (unpaired) electrons. The van der Waals surface area contributed by atoms with Crippen molar-refractivity contribution < 1.29 is 23.7 Å². The van der Waals surface area contributed by atoms with E-state index >= 15 is 0 Å². The fourth-order valence-corrected chi connectivity index (χ4v) is 2.81. The molecule has 1 aromatic rings. The number of methoxy groups -OCH3 is 2. The molecule has 0 bridgehead atoms. The topological polar surface area (TPSA) is 104 Å². The van der Waals surface area contributed by atoms with Crippen molar-refractivity contribution >= 4 is 5.97 Å². The lowest BCUT2D eigenvalue weighted by molar-refractivity contribution is -0.139. The summed E-state index contributed by atoms with van der Waals surface area (Å²) in [4.78, 5) is 12.5. The first-order valence-corrected chi connectivity index (χ1v) is 7.66. The Morgan fingerprint density at radius 2 is 1.92 bits per heavy atom. The summed E-state index contributed by atoms with van der Waals surface area (Å²) in [5.74, 6) is -0.274. The summed E-state index contributed by atoms with van der Waals surface area (Å²) < 4.78 is 21.4. The zero-order valence-electron chi connectivity index (χ0n) is 14.6. The zero-order chi connectivity index (χ0) is 18.6. The van der Waals surface area contributed by atoms with Gasteiger partial charge in [0.2, 0.25) is 5.88 Å². The van der Waals surface area contributed by atoms with Gasteiger partial charge in [0.1, 0.15) is 28.9 Å². The van der Waals surface area contributed by atoms with Gasteiger partial charge in [-0.2, -0.15) is 5.26 Å². The largest absolute Gasteiger partial charge is 0.496 e. The number of hydrogen-bond acceptors (Lipinski definition) is 7. The molecule has 7 heteroatoms. The molecule has 0 aliphatic carbocycles. The Balaban J connectivity index is 2.78. The van der Waals surface area contributed by atoms with E-state index in [9.17, 15) is 10.1 Å². The second kappa shape index (κ2) is 7.62. The Labute approximate surface area is 146 Å². The number of nitriles is 1. The highest BCUT2D eigenvalue weighted by Gasteiger charge is 2.39. The molecule has 1 heterocycles. The molecule has 0 spiro atoms. The van der Waals surface area contributed by atoms with Crippen LogP contribution < -0.4 is 15.2 Å². The third kappa shape index (κ3) is 3.24. The van der Waals surface area contributed by atoms with Crippen molar-refractivity contribution in [1.29, 1.82) is 5.26 Å². The SMILES string of the molecule is CCOC(=O)C1=C(C)OC(N)=C(C#N)C1c1c(OC)cccc1OC. The van der Waals surface area contributed by atoms with Gasteiger partial charge in [-0.3, -0.25) is 0 Å². The Morgan fingerprint density at radius 1 is 1.32 bits per heavy atom. The van der Waals surface area contributed by atoms with Crippen LogP contribution in [0.3, 0.4) is 0 Å². The van der Waals surface area contributed by atoms with E-state index in [1.807, 2.05) is 6.07 Å². The highest BCUT2D eigenvalue weighted by molar-refractivity contribution is 5.93. The van der Waals surface area contributed by atoms with Crippen LogP contribution in [0.25, 0.3) is 0 Å². The van der Waals surface area contributed by atoms with E-state index in [0.29, 0.717) is 17.1 Å². The molecule has 0 saturated carbocycles. The minimum atomic E-state index is -0.816. The number of carbonyl (C=O) groups is 1. The van der Waals surface area contributed by atoms with Crippen LogP contribution >= 0.6 is 0 Å². The van der Waals surface area contributed by atoms with E-state index in [0.717, 1.165) is 0 Å². The third-order valence-electron chi connectivity index (χ3n) is 3.86. The fourth-order valence-electron chi connectivity index (χ4n) is 2.81.